The number of furan rings is 1. The molecule has 13 rings (SSSR count). The third-order valence-corrected chi connectivity index (χ3v) is 12.6. The summed E-state index contributed by atoms with van der Waals surface area (Å²) < 4.78 is 22.1. The van der Waals surface area contributed by atoms with E-state index in [1.165, 1.54) is 44.4 Å². The SMILES string of the molecule is CC.CC.CC.CC.CC.CC.CC.CC.Cc1ccco1.Cc1cccs1.Cc1ccsc1.Cc1cnccn1.Cc1cncnc1.Cc1cnco1.Cc1cncs1.Cc1cnoc1.Cc1n[n-]c(C)n1.Cc1nnc(C)[nH]1.Cc1nnc(C)s1.Cc1nnsc1C.Cc1nonc1C.[Y].[Y]. The van der Waals surface area contributed by atoms with E-state index in [2.05, 4.69) is 153 Å². The predicted octanol–water partition coefficient (Wildman–Crippen LogP) is 22.4. The molecule has 0 fully saturated rings. The fourth-order valence-corrected chi connectivity index (χ4v) is 7.11. The molecule has 0 amide bonds. The van der Waals surface area contributed by atoms with Crippen LogP contribution in [0.5, 0.6) is 0 Å². The van der Waals surface area contributed by atoms with Gasteiger partial charge in [-0.15, -0.1) is 59.5 Å². The number of nitrogens with one attached hydrogen (secondary N) is 1. The molecule has 572 valence electrons. The Balaban J connectivity index is -0.000000112. The van der Waals surface area contributed by atoms with Crippen LogP contribution in [0.15, 0.2) is 145 Å². The van der Waals surface area contributed by atoms with Crippen molar-refractivity contribution in [2.45, 2.75) is 235 Å². The van der Waals surface area contributed by atoms with Crippen LogP contribution in [0.3, 0.4) is 0 Å². The summed E-state index contributed by atoms with van der Waals surface area (Å²) in [5.41, 5.74) is 9.08. The van der Waals surface area contributed by atoms with Crippen molar-refractivity contribution in [3.63, 3.8) is 0 Å². The Hall–Kier alpha value is -6.36. The van der Waals surface area contributed by atoms with Crippen molar-refractivity contribution < 1.29 is 83.4 Å². The zero-order valence-electron chi connectivity index (χ0n) is 68.5. The number of aryl methyl sites for hydroxylation is 18. The molecule has 0 unspecified atom stereocenters. The number of thiazole rings is 1. The largest absolute Gasteiger partial charge is 0.470 e. The molecule has 103 heavy (non-hydrogen) atoms. The topological polar surface area (TPSA) is 302 Å². The van der Waals surface area contributed by atoms with Gasteiger partial charge >= 0.3 is 0 Å². The van der Waals surface area contributed by atoms with Crippen molar-refractivity contribution in [3.8, 4) is 0 Å². The number of hydrogen-bond donors (Lipinski definition) is 1. The van der Waals surface area contributed by atoms with Crippen molar-refractivity contribution in [2.24, 2.45) is 0 Å². The van der Waals surface area contributed by atoms with Crippen molar-refractivity contribution in [1.82, 2.24) is 95.5 Å². The Morgan fingerprint density at radius 1 is 0.476 bits per heavy atom. The van der Waals surface area contributed by atoms with Gasteiger partial charge in [0, 0.05) is 129 Å². The van der Waals surface area contributed by atoms with Crippen LogP contribution in [0.1, 0.15) is 210 Å². The van der Waals surface area contributed by atoms with E-state index >= 15 is 0 Å². The molecule has 23 nitrogen and oxygen atoms in total. The molecule has 0 aromatic carbocycles. The fraction of sp³-hybridized carbons (Fsp3) is 0.466. The maximum atomic E-state index is 4.83. The van der Waals surface area contributed by atoms with Gasteiger partial charge in [0.1, 0.15) is 57.2 Å². The molecule has 30 heteroatoms. The van der Waals surface area contributed by atoms with E-state index in [9.17, 15) is 0 Å². The molecule has 0 spiro atoms. The van der Waals surface area contributed by atoms with Crippen LogP contribution in [0.25, 0.3) is 0 Å². The average molecular weight is 1670 g/mol. The number of nitrogens with zero attached hydrogens (tertiary/aromatic N) is 18. The molecule has 2 radical (unpaired) electrons. The van der Waals surface area contributed by atoms with Crippen LogP contribution in [0.4, 0.5) is 0 Å². The van der Waals surface area contributed by atoms with Crippen LogP contribution in [-0.4, -0.2) is 90.4 Å². The first-order chi connectivity index (χ1) is 48.6. The van der Waals surface area contributed by atoms with Crippen LogP contribution < -0.4 is 5.10 Å². The molecule has 13 aromatic heterocycles. The molecule has 0 aliphatic rings. The molecule has 13 aromatic rings. The third-order valence-electron chi connectivity index (χ3n) is 8.80. The minimum atomic E-state index is 0. The molecule has 1 N–H and O–H groups in total. The van der Waals surface area contributed by atoms with Crippen LogP contribution in [0.2, 0.25) is 0 Å². The van der Waals surface area contributed by atoms with Crippen molar-refractivity contribution in [1.29, 1.82) is 0 Å². The van der Waals surface area contributed by atoms with Gasteiger partial charge in [0.2, 0.25) is 0 Å². The summed E-state index contributed by atoms with van der Waals surface area (Å²) in [7, 11) is 0. The summed E-state index contributed by atoms with van der Waals surface area (Å²) in [5, 5.41) is 45.0. The maximum absolute atomic E-state index is 4.83. The van der Waals surface area contributed by atoms with E-state index < -0.39 is 0 Å². The molecule has 0 bridgehead atoms. The van der Waals surface area contributed by atoms with Crippen LogP contribution in [-0.2, 0) is 65.4 Å². The Labute approximate surface area is 690 Å². The summed E-state index contributed by atoms with van der Waals surface area (Å²) in [4.78, 5) is 33.5. The number of rotatable bonds is 0. The van der Waals surface area contributed by atoms with Gasteiger partial charge in [-0.2, -0.15) is 11.3 Å². The first-order valence-electron chi connectivity index (χ1n) is 33.6. The van der Waals surface area contributed by atoms with Gasteiger partial charge in [-0.25, -0.2) is 19.6 Å². The third kappa shape index (κ3) is 86.2. The predicted molar refractivity (Wildman–Crippen MR) is 428 cm³/mol. The number of oxazole rings is 1. The molecule has 0 saturated heterocycles. The second-order valence-corrected chi connectivity index (χ2v) is 22.4. The summed E-state index contributed by atoms with van der Waals surface area (Å²) in [6.45, 7) is 66.8. The second kappa shape index (κ2) is 91.7. The normalized spacial score (nSPS) is 7.94. The van der Waals surface area contributed by atoms with Gasteiger partial charge in [-0.05, 0) is 188 Å². The van der Waals surface area contributed by atoms with Crippen LogP contribution >= 0.6 is 56.9 Å². The Morgan fingerprint density at radius 2 is 1.05 bits per heavy atom. The van der Waals surface area contributed by atoms with E-state index in [-0.39, 0.29) is 65.4 Å². The molecular formula is C73H124N19O4S5Y2-. The van der Waals surface area contributed by atoms with Gasteiger partial charge in [0.15, 0.2) is 6.39 Å². The van der Waals surface area contributed by atoms with Crippen molar-refractivity contribution in [3.05, 3.63) is 226 Å². The molecule has 0 saturated carbocycles. The average Bonchev–Trinajstić information content (AvgIpc) is 1.90. The van der Waals surface area contributed by atoms with Gasteiger partial charge < -0.3 is 28.4 Å². The van der Waals surface area contributed by atoms with E-state index in [1.807, 2.05) is 245 Å². The van der Waals surface area contributed by atoms with Gasteiger partial charge in [0.05, 0.1) is 35.6 Å². The number of aromatic nitrogens is 19. The minimum absolute atomic E-state index is 0. The summed E-state index contributed by atoms with van der Waals surface area (Å²) >= 11 is 8.25. The summed E-state index contributed by atoms with van der Waals surface area (Å²) in [6.07, 6.45) is 20.0. The van der Waals surface area contributed by atoms with Gasteiger partial charge in [-0.3, -0.25) is 20.1 Å². The smallest absolute Gasteiger partial charge is 0.180 e. The molecule has 0 atom stereocenters. The number of H-pyrrole nitrogens is 1. The van der Waals surface area contributed by atoms with E-state index in [1.54, 1.807) is 101 Å². The molecule has 0 aliphatic carbocycles. The number of hydrogen-bond acceptors (Lipinski definition) is 26. The van der Waals surface area contributed by atoms with Crippen molar-refractivity contribution in [2.75, 3.05) is 0 Å². The standard InChI is InChI=1S/2C5H6N2.C5H6O.2C5H6S.C4H7N3.C4H6N3.C4H6N2O.2C4H6N2S.2C4H5NO.C4H5NS.8C2H6.2Y/c1-5-2-6-4-7-3-5;1-5-4-6-2-3-7-5;1-5-3-2-4-6-5;1-5-2-3-6-4-5;1-5-3-2-4-6-5;2*1-3-5-4(2)7-6-3;1-3-4(2)6-7-5-3;1-3-5-6-4(2)7-3;1-3-4(2)7-6-5-3;1-4-2-5-3-6-4;1-4-2-5-6-3-4;1-4-2-5-3-6-4;8*1-2;;/h2*2-4H,1H3;3*2-4H,1H3;1-2H3,(H,5,6,7);4*1-2H3;3*2-3H,1H3;8*1-2H3;;/q;;;;;;-1;;;;;;;;;;;;;;;;. The number of thiophene rings is 2. The Bertz CT molecular complexity index is 2960. The summed E-state index contributed by atoms with van der Waals surface area (Å²) in [6, 6.07) is 10.0. The van der Waals surface area contributed by atoms with E-state index in [0.717, 1.165) is 78.7 Å². The summed E-state index contributed by atoms with van der Waals surface area (Å²) in [5.74, 6) is 5.06. The zero-order valence-corrected chi connectivity index (χ0v) is 78.3. The Kier molecular flexibility index (Phi) is 105. The van der Waals surface area contributed by atoms with Crippen molar-refractivity contribution >= 4 is 56.9 Å². The Morgan fingerprint density at radius 3 is 1.19 bits per heavy atom. The molecule has 0 aliphatic heterocycles. The van der Waals surface area contributed by atoms with Gasteiger partial charge in [-0.1, -0.05) is 143 Å². The minimum Gasteiger partial charge on any atom is -0.470 e. The second-order valence-electron chi connectivity index (χ2n) is 17.0. The first-order valence-corrected chi connectivity index (χ1v) is 37.9. The first kappa shape index (κ1) is 118. The van der Waals surface area contributed by atoms with E-state index in [4.69, 9.17) is 8.83 Å². The monoisotopic (exact) mass is 1670 g/mol. The molecular weight excluding hydrogens is 1550 g/mol. The van der Waals surface area contributed by atoms with Crippen LogP contribution in [0, 0.1) is 125 Å². The number of aromatic amines is 1. The van der Waals surface area contributed by atoms with E-state index in [0.29, 0.717) is 0 Å². The maximum Gasteiger partial charge on any atom is 0.180 e. The fourth-order valence-electron chi connectivity index (χ4n) is 4.45. The molecule has 13 heterocycles. The quantitative estimate of drug-likeness (QED) is 0.147. The van der Waals surface area contributed by atoms with Gasteiger partial charge in [0.25, 0.3) is 0 Å². The zero-order chi connectivity index (χ0) is 79.0.